The predicted molar refractivity (Wildman–Crippen MR) is 186 cm³/mol. The molecule has 2 N–H and O–H groups in total. The molecule has 3 aliphatic heterocycles. The van der Waals surface area contributed by atoms with E-state index in [1.165, 1.54) is 21.3 Å². The lowest BCUT2D eigenvalue weighted by Crippen LogP contribution is -2.58. The van der Waals surface area contributed by atoms with Gasteiger partial charge in [-0.25, -0.2) is 14.0 Å². The number of aromatic nitrogens is 4. The van der Waals surface area contributed by atoms with Gasteiger partial charge in [-0.15, -0.1) is 0 Å². The molecule has 0 radical (unpaired) electrons. The Labute approximate surface area is 281 Å². The average Bonchev–Trinajstić information content (AvgIpc) is 3.87. The summed E-state index contributed by atoms with van der Waals surface area (Å²) < 4.78 is 40.0. The van der Waals surface area contributed by atoms with Crippen LogP contribution in [0, 0.1) is 5.92 Å². The van der Waals surface area contributed by atoms with Crippen molar-refractivity contribution in [3.63, 3.8) is 0 Å². The first-order chi connectivity index (χ1) is 23.2. The Morgan fingerprint density at radius 3 is 2.48 bits per heavy atom. The van der Waals surface area contributed by atoms with Crippen LogP contribution in [0.3, 0.4) is 0 Å². The maximum atomic E-state index is 16.6. The normalized spacial score (nSPS) is 27.6. The molecule has 0 saturated carbocycles. The lowest BCUT2D eigenvalue weighted by molar-refractivity contribution is -0.118. The number of anilines is 1. The lowest BCUT2D eigenvalue weighted by Gasteiger charge is -2.32. The second-order valence-electron chi connectivity index (χ2n) is 13.4. The number of halogens is 1. The minimum Gasteiger partial charge on any atom is -0.349 e. The molecule has 0 bridgehead atoms. The number of alkyl halides is 1. The van der Waals surface area contributed by atoms with Gasteiger partial charge in [0.05, 0.1) is 18.5 Å². The molecule has 48 heavy (non-hydrogen) atoms. The summed E-state index contributed by atoms with van der Waals surface area (Å²) in [6.07, 6.45) is -0.265. The van der Waals surface area contributed by atoms with Crippen LogP contribution >= 0.6 is 8.53 Å². The highest BCUT2D eigenvalue weighted by Crippen LogP contribution is 2.59. The standard InChI is InChI=1S/C34H42FN6O5PSi/c1-5-25-29(27(35)33(44-25)40-20-36-28-30(40)37-34(39-32(28)43)38-31(42)21(2)3)46-47-41-18-12-17-24(41)26(45-47)19-48(4,22-13-8-6-9-14-22)23-15-10-7-11-16-23/h6-11,13-16,20-21,24-27,29,33H,5,12,17-19H2,1-4H3,(H2,37,38,39,42,43)/t24-,25-,26+,27+,29?,33-,47+/m1/s1. The number of aromatic amines is 1. The largest absolute Gasteiger partial charge is 0.349 e. The molecule has 3 aliphatic rings. The van der Waals surface area contributed by atoms with Crippen molar-refractivity contribution in [2.75, 3.05) is 11.9 Å². The summed E-state index contributed by atoms with van der Waals surface area (Å²) in [6, 6.07) is 22.6. The summed E-state index contributed by atoms with van der Waals surface area (Å²) in [6.45, 7) is 8.66. The monoisotopic (exact) mass is 692 g/mol. The minimum atomic E-state index is -2.20. The number of fused-ring (bicyclic) bond motifs is 2. The van der Waals surface area contributed by atoms with E-state index >= 15 is 4.39 Å². The van der Waals surface area contributed by atoms with Crippen LogP contribution in [-0.2, 0) is 18.6 Å². The fraction of sp³-hybridized carbons (Fsp3) is 0.471. The Hall–Kier alpha value is -3.32. The molecule has 1 unspecified atom stereocenters. The van der Waals surface area contributed by atoms with Crippen molar-refractivity contribution < 1.29 is 23.0 Å². The number of hydrogen-bond acceptors (Lipinski definition) is 8. The number of imidazole rings is 1. The number of nitrogens with one attached hydrogen (secondary N) is 2. The Morgan fingerprint density at radius 2 is 1.83 bits per heavy atom. The number of benzene rings is 2. The molecule has 0 aliphatic carbocycles. The van der Waals surface area contributed by atoms with Gasteiger partial charge < -0.3 is 13.8 Å². The van der Waals surface area contributed by atoms with E-state index in [2.05, 4.69) is 92.1 Å². The van der Waals surface area contributed by atoms with E-state index in [4.69, 9.17) is 13.8 Å². The number of amides is 1. The van der Waals surface area contributed by atoms with Gasteiger partial charge in [0.25, 0.3) is 14.1 Å². The second-order valence-corrected chi connectivity index (χ2v) is 19.0. The first-order valence-electron chi connectivity index (χ1n) is 16.8. The zero-order chi connectivity index (χ0) is 33.6. The molecule has 3 saturated heterocycles. The summed E-state index contributed by atoms with van der Waals surface area (Å²) in [5, 5.41) is 5.32. The molecule has 3 fully saturated rings. The smallest absolute Gasteiger partial charge is 0.280 e. The Bertz CT molecular complexity index is 1770. The topological polar surface area (TPSA) is 124 Å². The van der Waals surface area contributed by atoms with Gasteiger partial charge >= 0.3 is 0 Å². The molecular weight excluding hydrogens is 650 g/mol. The number of rotatable bonds is 10. The van der Waals surface area contributed by atoms with Gasteiger partial charge in [-0.2, -0.15) is 4.98 Å². The van der Waals surface area contributed by atoms with Gasteiger partial charge in [0.2, 0.25) is 11.9 Å². The number of carbonyl (C=O) groups is 1. The lowest BCUT2D eigenvalue weighted by atomic mass is 10.1. The number of carbonyl (C=O) groups excluding carboxylic acids is 1. The molecule has 0 spiro atoms. The molecule has 11 nitrogen and oxygen atoms in total. The van der Waals surface area contributed by atoms with Crippen molar-refractivity contribution >= 4 is 50.0 Å². The molecular formula is C34H42FN6O5PSi. The fourth-order valence-corrected chi connectivity index (χ4v) is 13.2. The average molecular weight is 693 g/mol. The zero-order valence-corrected chi connectivity index (χ0v) is 29.5. The summed E-state index contributed by atoms with van der Waals surface area (Å²) >= 11 is 0. The Balaban J connectivity index is 1.13. The van der Waals surface area contributed by atoms with E-state index < -0.39 is 46.8 Å². The number of nitrogens with zero attached hydrogens (tertiary/aromatic N) is 4. The van der Waals surface area contributed by atoms with Crippen LogP contribution < -0.4 is 21.2 Å². The van der Waals surface area contributed by atoms with Crippen LogP contribution in [0.2, 0.25) is 12.6 Å². The number of H-pyrrole nitrogens is 1. The maximum absolute atomic E-state index is 16.6. The summed E-state index contributed by atoms with van der Waals surface area (Å²) in [5.74, 6) is -0.664. The van der Waals surface area contributed by atoms with Crippen molar-refractivity contribution in [1.82, 2.24) is 24.2 Å². The van der Waals surface area contributed by atoms with Gasteiger partial charge in [-0.3, -0.25) is 24.5 Å². The predicted octanol–water partition coefficient (Wildman–Crippen LogP) is 4.73. The summed E-state index contributed by atoms with van der Waals surface area (Å²) in [7, 11) is -3.73. The molecule has 5 heterocycles. The fourth-order valence-electron chi connectivity index (χ4n) is 7.19. The van der Waals surface area contributed by atoms with Crippen molar-refractivity contribution in [1.29, 1.82) is 0 Å². The van der Waals surface area contributed by atoms with Gasteiger partial charge in [-0.05, 0) is 25.3 Å². The van der Waals surface area contributed by atoms with E-state index in [9.17, 15) is 9.59 Å². The van der Waals surface area contributed by atoms with Gasteiger partial charge in [0.1, 0.15) is 14.2 Å². The third-order valence-corrected chi connectivity index (χ3v) is 16.1. The van der Waals surface area contributed by atoms with Crippen LogP contribution in [0.1, 0.15) is 46.3 Å². The van der Waals surface area contributed by atoms with E-state index in [1.807, 2.05) is 6.92 Å². The van der Waals surface area contributed by atoms with Crippen LogP contribution in [0.25, 0.3) is 11.2 Å². The van der Waals surface area contributed by atoms with E-state index in [0.717, 1.165) is 25.4 Å². The molecule has 1 amide bonds. The second kappa shape index (κ2) is 13.5. The zero-order valence-electron chi connectivity index (χ0n) is 27.6. The van der Waals surface area contributed by atoms with Crippen LogP contribution in [-0.4, -0.2) is 75.2 Å². The van der Waals surface area contributed by atoms with Crippen molar-refractivity contribution in [3.05, 3.63) is 77.3 Å². The number of hydrogen-bond donors (Lipinski definition) is 2. The highest BCUT2D eigenvalue weighted by molar-refractivity contribution is 7.45. The van der Waals surface area contributed by atoms with Crippen molar-refractivity contribution in [3.8, 4) is 0 Å². The third kappa shape index (κ3) is 6.05. The van der Waals surface area contributed by atoms with Crippen molar-refractivity contribution in [2.45, 2.75) is 89.4 Å². The van der Waals surface area contributed by atoms with Gasteiger partial charge in [0.15, 0.2) is 23.6 Å². The maximum Gasteiger partial charge on any atom is 0.280 e. The molecule has 2 aromatic carbocycles. The molecule has 4 aromatic rings. The Kier molecular flexibility index (Phi) is 9.35. The highest BCUT2D eigenvalue weighted by atomic mass is 31.2. The summed E-state index contributed by atoms with van der Waals surface area (Å²) in [4.78, 5) is 36.2. The molecule has 2 aromatic heterocycles. The van der Waals surface area contributed by atoms with E-state index in [-0.39, 0.29) is 41.1 Å². The van der Waals surface area contributed by atoms with E-state index in [0.29, 0.717) is 6.42 Å². The highest BCUT2D eigenvalue weighted by Gasteiger charge is 2.54. The first kappa shape index (κ1) is 33.2. The van der Waals surface area contributed by atoms with Gasteiger partial charge in [-0.1, -0.05) is 98.4 Å². The van der Waals surface area contributed by atoms with Crippen molar-refractivity contribution in [2.24, 2.45) is 5.92 Å². The molecule has 254 valence electrons. The molecule has 14 heteroatoms. The summed E-state index contributed by atoms with van der Waals surface area (Å²) in [5.41, 5.74) is -0.392. The molecule has 7 rings (SSSR count). The SMILES string of the molecule is CC[C@H]1O[C@@H](n2cnc3c(=O)[nH]c(NC(=O)C(C)C)nc32)[C@@H](F)C1O[P@]1O[C@@H](C[Si](C)(c2ccccc2)c2ccccc2)[C@H]2CCCN21. The Morgan fingerprint density at radius 1 is 1.15 bits per heavy atom. The quantitative estimate of drug-likeness (QED) is 0.181. The third-order valence-electron chi connectivity index (χ3n) is 9.92. The van der Waals surface area contributed by atoms with Crippen LogP contribution in [0.15, 0.2) is 71.8 Å². The number of ether oxygens (including phenoxy) is 1. The molecule has 7 atom stereocenters. The van der Waals surface area contributed by atoms with Crippen LogP contribution in [0.5, 0.6) is 0 Å². The van der Waals surface area contributed by atoms with Crippen LogP contribution in [0.4, 0.5) is 10.3 Å². The van der Waals surface area contributed by atoms with E-state index in [1.54, 1.807) is 13.8 Å². The van der Waals surface area contributed by atoms with Gasteiger partial charge in [0, 0.05) is 18.5 Å². The first-order valence-corrected chi connectivity index (χ1v) is 20.6. The minimum absolute atomic E-state index is 0.0288.